The molecule has 2 aromatic carbocycles. The summed E-state index contributed by atoms with van der Waals surface area (Å²) in [5.41, 5.74) is 0.181. The molecule has 0 radical (unpaired) electrons. The Morgan fingerprint density at radius 1 is 1.00 bits per heavy atom. The summed E-state index contributed by atoms with van der Waals surface area (Å²) in [6.07, 6.45) is 3.93. The second kappa shape index (κ2) is 12.7. The lowest BCUT2D eigenvalue weighted by atomic mass is 9.82. The third-order valence-corrected chi connectivity index (χ3v) is 13.1. The van der Waals surface area contributed by atoms with E-state index in [0.29, 0.717) is 36.1 Å². The van der Waals surface area contributed by atoms with Gasteiger partial charge >= 0.3 is 0 Å². The molecule has 1 amide bonds. The maximum absolute atomic E-state index is 16.4. The molecule has 1 atom stereocenters. The molecule has 0 bridgehead atoms. The molecule has 1 aliphatic heterocycles. The van der Waals surface area contributed by atoms with E-state index in [0.717, 1.165) is 46.3 Å². The monoisotopic (exact) mass is 649 g/mol. The van der Waals surface area contributed by atoms with Crippen molar-refractivity contribution in [2.45, 2.75) is 95.0 Å². The molecular weight excluding hydrogens is 609 g/mol. The van der Waals surface area contributed by atoms with Gasteiger partial charge in [0.15, 0.2) is 5.01 Å². The van der Waals surface area contributed by atoms with Crippen LogP contribution in [0.15, 0.2) is 41.3 Å². The quantitative estimate of drug-likeness (QED) is 0.256. The van der Waals surface area contributed by atoms with Crippen molar-refractivity contribution in [3.05, 3.63) is 47.1 Å². The number of rotatable bonds is 7. The minimum atomic E-state index is -3.20. The zero-order valence-electron chi connectivity index (χ0n) is 25.2. The van der Waals surface area contributed by atoms with Crippen molar-refractivity contribution >= 4 is 53.9 Å². The number of hydrogen-bond donors (Lipinski definition) is 2. The fraction of sp³-hybridized carbons (Fsp3) is 0.531. The van der Waals surface area contributed by atoms with Gasteiger partial charge < -0.3 is 5.32 Å². The number of hydrogen-bond acceptors (Lipinski definition) is 6. The number of alkyl halides is 2. The SMILES string of the molecule is C/C=S(/NC(C)(C)C)c1ccc(-c2sc(C(=O)NC3CCS(=O)(=O)CC3)nc2C(F)(F)C2CCCCC2)c2ccccc12. The first-order valence-corrected chi connectivity index (χ1v) is 18.9. The van der Waals surface area contributed by atoms with Crippen molar-refractivity contribution in [3.63, 3.8) is 0 Å². The molecule has 2 fully saturated rings. The van der Waals surface area contributed by atoms with Crippen molar-refractivity contribution in [1.29, 1.82) is 0 Å². The van der Waals surface area contributed by atoms with Crippen molar-refractivity contribution in [2.75, 3.05) is 11.5 Å². The summed E-state index contributed by atoms with van der Waals surface area (Å²) in [6, 6.07) is 11.4. The minimum Gasteiger partial charge on any atom is -0.347 e. The van der Waals surface area contributed by atoms with Gasteiger partial charge in [-0.15, -0.1) is 11.3 Å². The number of nitrogens with one attached hydrogen (secondary N) is 2. The first kappa shape index (κ1) is 32.2. The van der Waals surface area contributed by atoms with Gasteiger partial charge in [-0.3, -0.25) is 9.52 Å². The van der Waals surface area contributed by atoms with E-state index in [4.69, 9.17) is 0 Å². The Morgan fingerprint density at radius 3 is 2.28 bits per heavy atom. The van der Waals surface area contributed by atoms with Crippen LogP contribution >= 0.6 is 22.0 Å². The number of sulfone groups is 1. The number of fused-ring (bicyclic) bond motifs is 1. The molecule has 3 aromatic rings. The summed E-state index contributed by atoms with van der Waals surface area (Å²) in [5, 5.41) is 6.79. The molecule has 2 N–H and O–H groups in total. The molecule has 2 heterocycles. The molecule has 43 heavy (non-hydrogen) atoms. The van der Waals surface area contributed by atoms with Gasteiger partial charge in [-0.1, -0.05) is 60.3 Å². The lowest BCUT2D eigenvalue weighted by Crippen LogP contribution is -2.40. The van der Waals surface area contributed by atoms with Crippen LogP contribution in [-0.4, -0.2) is 47.8 Å². The smallest absolute Gasteiger partial charge is 0.293 e. The largest absolute Gasteiger partial charge is 0.347 e. The summed E-state index contributed by atoms with van der Waals surface area (Å²) < 4.78 is 60.2. The van der Waals surface area contributed by atoms with Gasteiger partial charge in [-0.05, 0) is 75.6 Å². The second-order valence-corrected chi connectivity index (χ2v) is 17.7. The van der Waals surface area contributed by atoms with E-state index in [9.17, 15) is 13.2 Å². The Morgan fingerprint density at radius 2 is 1.65 bits per heavy atom. The van der Waals surface area contributed by atoms with Gasteiger partial charge in [0.05, 0.1) is 16.4 Å². The highest BCUT2D eigenvalue weighted by atomic mass is 32.2. The topological polar surface area (TPSA) is 88.2 Å². The summed E-state index contributed by atoms with van der Waals surface area (Å²) >= 11 is 1.00. The molecule has 11 heteroatoms. The first-order chi connectivity index (χ1) is 20.3. The second-order valence-electron chi connectivity index (χ2n) is 12.6. The van der Waals surface area contributed by atoms with E-state index >= 15 is 8.78 Å². The van der Waals surface area contributed by atoms with Gasteiger partial charge in [-0.25, -0.2) is 13.4 Å². The van der Waals surface area contributed by atoms with Crippen LogP contribution in [0.3, 0.4) is 0 Å². The standard InChI is InChI=1S/C32H41F2N3O3S3/c1-5-42(37-31(2,3)4)26-16-15-25(23-13-9-10-14-24(23)26)27-28(32(33,34)21-11-7-6-8-12-21)36-30(41-27)29(38)35-22-17-19-43(39,40)20-18-22/h5,9-10,13-16,21-22,37H,6-8,11-12,17-20H2,1-4H3,(H,35,38). The average molecular weight is 650 g/mol. The van der Waals surface area contributed by atoms with Gasteiger partial charge in [0, 0.05) is 28.0 Å². The number of thiazole rings is 1. The van der Waals surface area contributed by atoms with Crippen LogP contribution in [0.1, 0.15) is 88.1 Å². The highest BCUT2D eigenvalue weighted by molar-refractivity contribution is 8.13. The number of benzene rings is 2. The summed E-state index contributed by atoms with van der Waals surface area (Å²) in [5.74, 6) is -4.54. The van der Waals surface area contributed by atoms with E-state index < -0.39 is 27.6 Å². The minimum absolute atomic E-state index is 0.00528. The molecule has 1 saturated carbocycles. The average Bonchev–Trinajstić information content (AvgIpc) is 3.43. The molecule has 1 saturated heterocycles. The van der Waals surface area contributed by atoms with Crippen LogP contribution in [0.4, 0.5) is 8.78 Å². The van der Waals surface area contributed by atoms with Crippen LogP contribution < -0.4 is 10.0 Å². The molecule has 1 aromatic heterocycles. The Balaban J connectivity index is 1.60. The van der Waals surface area contributed by atoms with Crippen LogP contribution in [0.2, 0.25) is 0 Å². The summed E-state index contributed by atoms with van der Waals surface area (Å²) in [4.78, 5) is 19.2. The van der Waals surface area contributed by atoms with Crippen LogP contribution in [-0.2, 0) is 15.8 Å². The number of halogens is 2. The first-order valence-electron chi connectivity index (χ1n) is 15.0. The van der Waals surface area contributed by atoms with Crippen LogP contribution in [0, 0.1) is 5.92 Å². The number of carbonyl (C=O) groups excluding carboxylic acids is 1. The summed E-state index contributed by atoms with van der Waals surface area (Å²) in [6.45, 7) is 8.36. The zero-order chi connectivity index (χ0) is 31.0. The number of nitrogens with zero attached hydrogens (tertiary/aromatic N) is 1. The highest BCUT2D eigenvalue weighted by Gasteiger charge is 2.46. The van der Waals surface area contributed by atoms with Crippen LogP contribution in [0.25, 0.3) is 21.2 Å². The molecule has 5 rings (SSSR count). The maximum atomic E-state index is 16.4. The molecule has 1 aliphatic carbocycles. The fourth-order valence-corrected chi connectivity index (χ4v) is 10.3. The molecule has 234 valence electrons. The predicted molar refractivity (Wildman–Crippen MR) is 175 cm³/mol. The fourth-order valence-electron chi connectivity index (χ4n) is 6.00. The lowest BCUT2D eigenvalue weighted by molar-refractivity contribution is -0.0804. The predicted octanol–water partition coefficient (Wildman–Crippen LogP) is 7.70. The normalized spacial score (nSPS) is 19.5. The number of carbonyl (C=O) groups is 1. The molecular formula is C32H41F2N3O3S3. The van der Waals surface area contributed by atoms with Crippen molar-refractivity contribution in [3.8, 4) is 10.4 Å². The third kappa shape index (κ3) is 7.21. The van der Waals surface area contributed by atoms with E-state index in [-0.39, 0.29) is 44.5 Å². The Labute approximate surface area is 260 Å². The van der Waals surface area contributed by atoms with E-state index in [1.807, 2.05) is 43.3 Å². The van der Waals surface area contributed by atoms with Gasteiger partial charge in [0.25, 0.3) is 11.8 Å². The lowest BCUT2D eigenvalue weighted by Gasteiger charge is -2.29. The van der Waals surface area contributed by atoms with Crippen molar-refractivity contribution in [2.24, 2.45) is 5.92 Å². The van der Waals surface area contributed by atoms with E-state index in [2.05, 4.69) is 41.2 Å². The maximum Gasteiger partial charge on any atom is 0.293 e. The number of amides is 1. The Bertz CT molecular complexity index is 1620. The third-order valence-electron chi connectivity index (χ3n) is 8.16. The Hall–Kier alpha value is -2.21. The molecule has 6 nitrogen and oxygen atoms in total. The van der Waals surface area contributed by atoms with Gasteiger partial charge in [0.1, 0.15) is 15.5 Å². The molecule has 2 aliphatic rings. The van der Waals surface area contributed by atoms with E-state index in [1.54, 1.807) is 0 Å². The van der Waals surface area contributed by atoms with Crippen LogP contribution in [0.5, 0.6) is 0 Å². The number of aromatic nitrogens is 1. The van der Waals surface area contributed by atoms with E-state index in [1.165, 1.54) is 0 Å². The molecule has 1 unspecified atom stereocenters. The van der Waals surface area contributed by atoms with Gasteiger partial charge in [-0.2, -0.15) is 8.78 Å². The highest BCUT2D eigenvalue weighted by Crippen LogP contribution is 2.49. The zero-order valence-corrected chi connectivity index (χ0v) is 27.7. The Kier molecular flexibility index (Phi) is 9.47. The summed E-state index contributed by atoms with van der Waals surface area (Å²) in [7, 11) is -3.48. The van der Waals surface area contributed by atoms with Gasteiger partial charge in [0.2, 0.25) is 0 Å². The molecule has 0 spiro atoms. The van der Waals surface area contributed by atoms with Crippen molar-refractivity contribution < 1.29 is 22.0 Å². The van der Waals surface area contributed by atoms with Crippen molar-refractivity contribution in [1.82, 2.24) is 15.0 Å².